The Bertz CT molecular complexity index is 929. The Hall–Kier alpha value is -2.50. The Morgan fingerprint density at radius 2 is 2.00 bits per heavy atom. The first-order chi connectivity index (χ1) is 13.8. The number of benzene rings is 2. The fourth-order valence-electron chi connectivity index (χ4n) is 4.06. The number of hydrogen-bond donors (Lipinski definition) is 1. The molecule has 0 amide bonds. The number of fused-ring (bicyclic) bond motifs is 1. The van der Waals surface area contributed by atoms with E-state index in [0.29, 0.717) is 5.92 Å². The minimum atomic E-state index is 0.223. The number of aromatic nitrogens is 2. The van der Waals surface area contributed by atoms with Gasteiger partial charge < -0.3 is 14.9 Å². The van der Waals surface area contributed by atoms with Gasteiger partial charge in [-0.05, 0) is 41.8 Å². The van der Waals surface area contributed by atoms with Crippen LogP contribution in [0.25, 0.3) is 22.0 Å². The quantitative estimate of drug-likeness (QED) is 0.685. The van der Waals surface area contributed by atoms with Crippen LogP contribution in [0.2, 0.25) is 0 Å². The van der Waals surface area contributed by atoms with Crippen molar-refractivity contribution in [3.63, 3.8) is 0 Å². The van der Waals surface area contributed by atoms with Gasteiger partial charge in [-0.1, -0.05) is 43.3 Å². The topological polar surface area (TPSA) is 52.5 Å². The molecule has 0 spiro atoms. The van der Waals surface area contributed by atoms with E-state index in [4.69, 9.17) is 4.98 Å². The van der Waals surface area contributed by atoms with E-state index in [1.807, 2.05) is 12.3 Å². The molecule has 0 unspecified atom stereocenters. The van der Waals surface area contributed by atoms with Crippen molar-refractivity contribution in [2.24, 2.45) is 5.92 Å². The van der Waals surface area contributed by atoms with Crippen molar-refractivity contribution >= 4 is 16.7 Å². The van der Waals surface area contributed by atoms with Crippen LogP contribution in [-0.4, -0.2) is 59.3 Å². The van der Waals surface area contributed by atoms with Crippen LogP contribution in [0.15, 0.2) is 54.7 Å². The molecule has 146 valence electrons. The van der Waals surface area contributed by atoms with Crippen LogP contribution in [0.3, 0.4) is 0 Å². The lowest BCUT2D eigenvalue weighted by molar-refractivity contribution is 0.185. The zero-order valence-corrected chi connectivity index (χ0v) is 16.5. The molecule has 1 fully saturated rings. The number of hydrogen-bond acceptors (Lipinski definition) is 5. The van der Waals surface area contributed by atoms with Crippen molar-refractivity contribution in [1.82, 2.24) is 14.9 Å². The van der Waals surface area contributed by atoms with Gasteiger partial charge >= 0.3 is 0 Å². The standard InChI is InChI=1S/C23H28N4O/c1-2-26(13-14-28)16-18-10-12-27(17-18)23-24-11-9-22(25-23)21-8-7-19-5-3-4-6-20(19)15-21/h3-9,11,15,18,28H,2,10,12-14,16-17H2,1H3/t18-/m0/s1. The van der Waals surface area contributed by atoms with Crippen LogP contribution in [0, 0.1) is 5.92 Å². The fraction of sp³-hybridized carbons (Fsp3) is 0.391. The van der Waals surface area contributed by atoms with Crippen LogP contribution in [-0.2, 0) is 0 Å². The first-order valence-corrected chi connectivity index (χ1v) is 10.2. The molecule has 0 bridgehead atoms. The van der Waals surface area contributed by atoms with Gasteiger partial charge in [0.05, 0.1) is 12.3 Å². The van der Waals surface area contributed by atoms with E-state index in [0.717, 1.165) is 56.4 Å². The van der Waals surface area contributed by atoms with E-state index in [2.05, 4.69) is 64.2 Å². The molecule has 2 heterocycles. The van der Waals surface area contributed by atoms with Gasteiger partial charge in [0.2, 0.25) is 5.95 Å². The van der Waals surface area contributed by atoms with Crippen molar-refractivity contribution in [2.45, 2.75) is 13.3 Å². The molecule has 1 aliphatic heterocycles. The van der Waals surface area contributed by atoms with Gasteiger partial charge in [0.1, 0.15) is 0 Å². The van der Waals surface area contributed by atoms with Gasteiger partial charge in [0.25, 0.3) is 0 Å². The number of rotatable bonds is 7. The normalized spacial score (nSPS) is 17.0. The third-order valence-corrected chi connectivity index (χ3v) is 5.64. The molecule has 2 aromatic carbocycles. The summed E-state index contributed by atoms with van der Waals surface area (Å²) in [5.41, 5.74) is 2.09. The maximum Gasteiger partial charge on any atom is 0.225 e. The second-order valence-electron chi connectivity index (χ2n) is 7.52. The highest BCUT2D eigenvalue weighted by molar-refractivity contribution is 5.86. The Labute approximate surface area is 166 Å². The molecular formula is C23H28N4O. The van der Waals surface area contributed by atoms with Crippen LogP contribution < -0.4 is 4.90 Å². The average molecular weight is 377 g/mol. The Morgan fingerprint density at radius 3 is 2.82 bits per heavy atom. The Kier molecular flexibility index (Phi) is 5.84. The van der Waals surface area contributed by atoms with Gasteiger partial charge in [-0.15, -0.1) is 0 Å². The second-order valence-corrected chi connectivity index (χ2v) is 7.52. The minimum Gasteiger partial charge on any atom is -0.395 e. The molecule has 1 aliphatic rings. The molecule has 28 heavy (non-hydrogen) atoms. The second kappa shape index (κ2) is 8.67. The fourth-order valence-corrected chi connectivity index (χ4v) is 4.06. The molecule has 0 saturated carbocycles. The summed E-state index contributed by atoms with van der Waals surface area (Å²) >= 11 is 0. The third-order valence-electron chi connectivity index (χ3n) is 5.64. The predicted molar refractivity (Wildman–Crippen MR) is 114 cm³/mol. The number of likely N-dealkylation sites (N-methyl/N-ethyl adjacent to an activating group) is 1. The monoisotopic (exact) mass is 376 g/mol. The summed E-state index contributed by atoms with van der Waals surface area (Å²) in [7, 11) is 0. The summed E-state index contributed by atoms with van der Waals surface area (Å²) in [5, 5.41) is 11.7. The molecule has 1 N–H and O–H groups in total. The molecule has 1 saturated heterocycles. The minimum absolute atomic E-state index is 0.223. The van der Waals surface area contributed by atoms with E-state index in [9.17, 15) is 5.11 Å². The first kappa shape index (κ1) is 18.8. The summed E-state index contributed by atoms with van der Waals surface area (Å²) in [6.45, 7) is 7.09. The third kappa shape index (κ3) is 4.16. The lowest BCUT2D eigenvalue weighted by Crippen LogP contribution is -2.33. The number of aliphatic hydroxyl groups is 1. The SMILES string of the molecule is CCN(CCO)C[C@@H]1CCN(c2nccc(-c3ccc4ccccc4c3)n2)C1. The summed E-state index contributed by atoms with van der Waals surface area (Å²) in [6, 6.07) is 16.9. The highest BCUT2D eigenvalue weighted by atomic mass is 16.3. The molecule has 5 nitrogen and oxygen atoms in total. The summed E-state index contributed by atoms with van der Waals surface area (Å²) in [4.78, 5) is 14.0. The highest BCUT2D eigenvalue weighted by Crippen LogP contribution is 2.26. The summed E-state index contributed by atoms with van der Waals surface area (Å²) in [6.07, 6.45) is 3.01. The van der Waals surface area contributed by atoms with Crippen molar-refractivity contribution in [2.75, 3.05) is 44.2 Å². The van der Waals surface area contributed by atoms with Crippen LogP contribution in [0.4, 0.5) is 5.95 Å². The zero-order chi connectivity index (χ0) is 19.3. The molecule has 0 aliphatic carbocycles. The van der Waals surface area contributed by atoms with Gasteiger partial charge in [-0.2, -0.15) is 0 Å². The van der Waals surface area contributed by atoms with Crippen molar-refractivity contribution in [3.05, 3.63) is 54.7 Å². The lowest BCUT2D eigenvalue weighted by atomic mass is 10.1. The molecule has 1 aromatic heterocycles. The van der Waals surface area contributed by atoms with Crippen LogP contribution in [0.1, 0.15) is 13.3 Å². The molecule has 3 aromatic rings. The molecule has 5 heteroatoms. The number of anilines is 1. The van der Waals surface area contributed by atoms with E-state index in [1.54, 1.807) is 0 Å². The van der Waals surface area contributed by atoms with Crippen molar-refractivity contribution in [3.8, 4) is 11.3 Å². The van der Waals surface area contributed by atoms with E-state index in [1.165, 1.54) is 10.8 Å². The maximum absolute atomic E-state index is 9.20. The Balaban J connectivity index is 1.49. The molecular weight excluding hydrogens is 348 g/mol. The lowest BCUT2D eigenvalue weighted by Gasteiger charge is -2.23. The average Bonchev–Trinajstić information content (AvgIpc) is 3.22. The van der Waals surface area contributed by atoms with Crippen LogP contribution in [0.5, 0.6) is 0 Å². The van der Waals surface area contributed by atoms with E-state index >= 15 is 0 Å². The van der Waals surface area contributed by atoms with Crippen molar-refractivity contribution in [1.29, 1.82) is 0 Å². The molecule has 4 rings (SSSR count). The number of aliphatic hydroxyl groups excluding tert-OH is 1. The van der Waals surface area contributed by atoms with Gasteiger partial charge in [0, 0.05) is 37.9 Å². The van der Waals surface area contributed by atoms with Crippen molar-refractivity contribution < 1.29 is 5.11 Å². The highest BCUT2D eigenvalue weighted by Gasteiger charge is 2.25. The molecule has 1 atom stereocenters. The van der Waals surface area contributed by atoms with E-state index < -0.39 is 0 Å². The molecule has 0 radical (unpaired) electrons. The first-order valence-electron chi connectivity index (χ1n) is 10.2. The van der Waals surface area contributed by atoms with Gasteiger partial charge in [0.15, 0.2) is 0 Å². The largest absolute Gasteiger partial charge is 0.395 e. The van der Waals surface area contributed by atoms with E-state index in [-0.39, 0.29) is 6.61 Å². The van der Waals surface area contributed by atoms with Gasteiger partial charge in [-0.25, -0.2) is 9.97 Å². The maximum atomic E-state index is 9.20. The van der Waals surface area contributed by atoms with Crippen LogP contribution >= 0.6 is 0 Å². The zero-order valence-electron chi connectivity index (χ0n) is 16.5. The summed E-state index contributed by atoms with van der Waals surface area (Å²) < 4.78 is 0. The predicted octanol–water partition coefficient (Wildman–Crippen LogP) is 3.44. The summed E-state index contributed by atoms with van der Waals surface area (Å²) in [5.74, 6) is 1.41. The van der Waals surface area contributed by atoms with Gasteiger partial charge in [-0.3, -0.25) is 0 Å². The smallest absolute Gasteiger partial charge is 0.225 e. The Morgan fingerprint density at radius 1 is 1.14 bits per heavy atom. The number of nitrogens with zero attached hydrogens (tertiary/aromatic N) is 4.